The van der Waals surface area contributed by atoms with Gasteiger partial charge in [-0.2, -0.15) is 0 Å². The number of aryl methyl sites for hydroxylation is 1. The molecule has 0 saturated heterocycles. The van der Waals surface area contributed by atoms with Crippen molar-refractivity contribution in [2.24, 2.45) is 5.18 Å². The number of hydrogen-bond acceptors (Lipinski definition) is 4. The third kappa shape index (κ3) is 4.95. The molecule has 0 aliphatic carbocycles. The first-order valence-electron chi connectivity index (χ1n) is 5.88. The molecule has 5 nitrogen and oxygen atoms in total. The van der Waals surface area contributed by atoms with E-state index in [2.05, 4.69) is 5.18 Å². The molecule has 0 bridgehead atoms. The van der Waals surface area contributed by atoms with Gasteiger partial charge in [0, 0.05) is 0 Å². The smallest absolute Gasteiger partial charge is 0.332 e. The number of hydrogen-bond donors (Lipinski definition) is 1. The predicted octanol–water partition coefficient (Wildman–Crippen LogP) is 2.76. The third-order valence-corrected chi connectivity index (χ3v) is 2.57. The molecule has 1 unspecified atom stereocenters. The Morgan fingerprint density at radius 2 is 2.00 bits per heavy atom. The third-order valence-electron chi connectivity index (χ3n) is 2.57. The van der Waals surface area contributed by atoms with Gasteiger partial charge in [0.05, 0.1) is 6.61 Å². The van der Waals surface area contributed by atoms with Gasteiger partial charge in [-0.05, 0) is 38.3 Å². The lowest BCUT2D eigenvalue weighted by Gasteiger charge is -2.07. The van der Waals surface area contributed by atoms with Crippen LogP contribution in [0.4, 0.5) is 0 Å². The molecule has 0 saturated carbocycles. The lowest BCUT2D eigenvalue weighted by molar-refractivity contribution is -0.138. The Bertz CT molecular complexity index is 388. The van der Waals surface area contributed by atoms with E-state index >= 15 is 0 Å². The number of carboxylic acids is 1. The Kier molecular flexibility index (Phi) is 5.84. The molecule has 0 heterocycles. The monoisotopic (exact) mass is 251 g/mol. The molecule has 0 amide bonds. The summed E-state index contributed by atoms with van der Waals surface area (Å²) in [7, 11) is 0. The van der Waals surface area contributed by atoms with E-state index in [-0.39, 0.29) is 6.42 Å². The summed E-state index contributed by atoms with van der Waals surface area (Å²) in [6, 6.07) is 6.58. The van der Waals surface area contributed by atoms with Crippen LogP contribution >= 0.6 is 0 Å². The maximum atomic E-state index is 10.5. The van der Waals surface area contributed by atoms with E-state index in [0.717, 1.165) is 5.75 Å². The summed E-state index contributed by atoms with van der Waals surface area (Å²) in [6.45, 7) is 2.51. The van der Waals surface area contributed by atoms with Crippen LogP contribution in [0.3, 0.4) is 0 Å². The second-order valence-corrected chi connectivity index (χ2v) is 4.12. The molecular formula is C13H17NO4. The summed E-state index contributed by atoms with van der Waals surface area (Å²) in [4.78, 5) is 20.7. The Balaban J connectivity index is 2.17. The highest BCUT2D eigenvalue weighted by atomic mass is 16.5. The minimum absolute atomic E-state index is 0.260. The highest BCUT2D eigenvalue weighted by Gasteiger charge is 2.16. The van der Waals surface area contributed by atoms with Crippen molar-refractivity contribution in [1.29, 1.82) is 0 Å². The highest BCUT2D eigenvalue weighted by Crippen LogP contribution is 2.12. The molecule has 0 aliphatic heterocycles. The van der Waals surface area contributed by atoms with Gasteiger partial charge in [0.25, 0.3) is 0 Å². The molecule has 1 atom stereocenters. The van der Waals surface area contributed by atoms with E-state index in [0.29, 0.717) is 19.4 Å². The molecule has 0 spiro atoms. The molecule has 0 aliphatic rings. The Labute approximate surface area is 106 Å². The second kappa shape index (κ2) is 7.42. The molecule has 0 aromatic heterocycles. The molecule has 1 rings (SSSR count). The van der Waals surface area contributed by atoms with Gasteiger partial charge in [0.2, 0.25) is 0 Å². The van der Waals surface area contributed by atoms with Crippen molar-refractivity contribution in [1.82, 2.24) is 0 Å². The minimum atomic E-state index is -1.16. The van der Waals surface area contributed by atoms with Crippen molar-refractivity contribution in [3.05, 3.63) is 34.7 Å². The second-order valence-electron chi connectivity index (χ2n) is 4.12. The first-order valence-corrected chi connectivity index (χ1v) is 5.88. The standard InChI is InChI=1S/C13H17NO4/c1-10-5-7-11(8-6-10)18-9-3-2-4-12(14-17)13(15)16/h5-8,12H,2-4,9H2,1H3,(H,15,16). The molecule has 98 valence electrons. The van der Waals surface area contributed by atoms with Gasteiger partial charge >= 0.3 is 5.97 Å². The molecule has 1 N–H and O–H groups in total. The normalized spacial score (nSPS) is 11.8. The molecular weight excluding hydrogens is 234 g/mol. The first kappa shape index (κ1) is 14.2. The predicted molar refractivity (Wildman–Crippen MR) is 67.7 cm³/mol. The van der Waals surface area contributed by atoms with Crippen molar-refractivity contribution in [2.75, 3.05) is 6.61 Å². The Hall–Kier alpha value is -1.91. The number of rotatable bonds is 8. The molecule has 1 aromatic carbocycles. The van der Waals surface area contributed by atoms with Gasteiger partial charge in [-0.25, -0.2) is 4.79 Å². The fraction of sp³-hybridized carbons (Fsp3) is 0.462. The minimum Gasteiger partial charge on any atom is -0.494 e. The fourth-order valence-corrected chi connectivity index (χ4v) is 1.49. The maximum Gasteiger partial charge on any atom is 0.332 e. The van der Waals surface area contributed by atoms with Crippen molar-refractivity contribution in [3.63, 3.8) is 0 Å². The average Bonchev–Trinajstić information content (AvgIpc) is 2.35. The number of nitroso groups, excluding NO2 is 1. The number of nitrogens with zero attached hydrogens (tertiary/aromatic N) is 1. The zero-order valence-corrected chi connectivity index (χ0v) is 10.3. The number of carbonyl (C=O) groups is 1. The summed E-state index contributed by atoms with van der Waals surface area (Å²) in [5, 5.41) is 11.2. The molecule has 0 fully saturated rings. The summed E-state index contributed by atoms with van der Waals surface area (Å²) in [5.41, 5.74) is 1.17. The van der Waals surface area contributed by atoms with Crippen LogP contribution in [0.15, 0.2) is 29.4 Å². The topological polar surface area (TPSA) is 76.0 Å². The van der Waals surface area contributed by atoms with Crippen LogP contribution < -0.4 is 4.74 Å². The SMILES string of the molecule is Cc1ccc(OCCCCC(N=O)C(=O)O)cc1. The van der Waals surface area contributed by atoms with Gasteiger partial charge in [-0.15, -0.1) is 4.91 Å². The van der Waals surface area contributed by atoms with E-state index in [9.17, 15) is 9.70 Å². The summed E-state index contributed by atoms with van der Waals surface area (Å²) in [6.07, 6.45) is 1.57. The fourth-order valence-electron chi connectivity index (χ4n) is 1.49. The van der Waals surface area contributed by atoms with E-state index in [1.807, 2.05) is 31.2 Å². The van der Waals surface area contributed by atoms with Crippen LogP contribution in [0.2, 0.25) is 0 Å². The first-order chi connectivity index (χ1) is 8.63. The summed E-state index contributed by atoms with van der Waals surface area (Å²) >= 11 is 0. The number of benzene rings is 1. The Morgan fingerprint density at radius 3 is 2.56 bits per heavy atom. The quantitative estimate of drug-likeness (QED) is 0.569. The van der Waals surface area contributed by atoms with Crippen molar-refractivity contribution < 1.29 is 14.6 Å². The van der Waals surface area contributed by atoms with E-state index in [1.165, 1.54) is 5.56 Å². The van der Waals surface area contributed by atoms with Crippen LogP contribution in [0.5, 0.6) is 5.75 Å². The van der Waals surface area contributed by atoms with Crippen molar-refractivity contribution in [3.8, 4) is 5.75 Å². The molecule has 18 heavy (non-hydrogen) atoms. The van der Waals surface area contributed by atoms with Crippen molar-refractivity contribution >= 4 is 5.97 Å². The Morgan fingerprint density at radius 1 is 1.33 bits per heavy atom. The van der Waals surface area contributed by atoms with Crippen LogP contribution in [0.25, 0.3) is 0 Å². The van der Waals surface area contributed by atoms with E-state index in [4.69, 9.17) is 9.84 Å². The average molecular weight is 251 g/mol. The number of ether oxygens (including phenoxy) is 1. The van der Waals surface area contributed by atoms with Crippen LogP contribution in [-0.4, -0.2) is 23.7 Å². The van der Waals surface area contributed by atoms with E-state index in [1.54, 1.807) is 0 Å². The molecule has 5 heteroatoms. The number of aliphatic carboxylic acids is 1. The van der Waals surface area contributed by atoms with Gasteiger partial charge in [0.1, 0.15) is 5.75 Å². The summed E-state index contributed by atoms with van der Waals surface area (Å²) in [5.74, 6) is -0.367. The maximum absolute atomic E-state index is 10.5. The van der Waals surface area contributed by atoms with E-state index < -0.39 is 12.0 Å². The molecule has 1 aromatic rings. The molecule has 0 radical (unpaired) electrons. The van der Waals surface area contributed by atoms with Crippen LogP contribution in [0, 0.1) is 11.8 Å². The van der Waals surface area contributed by atoms with Gasteiger partial charge in [-0.3, -0.25) is 0 Å². The van der Waals surface area contributed by atoms with Crippen LogP contribution in [-0.2, 0) is 4.79 Å². The van der Waals surface area contributed by atoms with Crippen LogP contribution in [0.1, 0.15) is 24.8 Å². The lowest BCUT2D eigenvalue weighted by Crippen LogP contribution is -2.17. The largest absolute Gasteiger partial charge is 0.494 e. The lowest BCUT2D eigenvalue weighted by atomic mass is 10.1. The summed E-state index contributed by atoms with van der Waals surface area (Å²) < 4.78 is 5.48. The van der Waals surface area contributed by atoms with Gasteiger partial charge in [-0.1, -0.05) is 22.9 Å². The zero-order chi connectivity index (χ0) is 13.4. The highest BCUT2D eigenvalue weighted by molar-refractivity contribution is 5.73. The van der Waals surface area contributed by atoms with Crippen molar-refractivity contribution in [2.45, 2.75) is 32.2 Å². The number of carboxylic acid groups (broad SMARTS) is 1. The number of unbranched alkanes of at least 4 members (excludes halogenated alkanes) is 1. The zero-order valence-electron chi connectivity index (χ0n) is 10.3. The van der Waals surface area contributed by atoms with Gasteiger partial charge < -0.3 is 9.84 Å². The van der Waals surface area contributed by atoms with Gasteiger partial charge in [0.15, 0.2) is 6.04 Å².